The zero-order valence-electron chi connectivity index (χ0n) is 11.2. The molecule has 2 aromatic carbocycles. The number of benzene rings is 2. The molecule has 0 saturated heterocycles. The number of carbonyl (C=O) groups is 1. The summed E-state index contributed by atoms with van der Waals surface area (Å²) in [5.74, 6) is -0.801. The van der Waals surface area contributed by atoms with Crippen molar-refractivity contribution in [2.75, 3.05) is 5.32 Å². The van der Waals surface area contributed by atoms with Crippen LogP contribution in [-0.4, -0.2) is 15.8 Å². The van der Waals surface area contributed by atoms with Gasteiger partial charge >= 0.3 is 0 Å². The van der Waals surface area contributed by atoms with Crippen LogP contribution in [0.2, 0.25) is 10.0 Å². The molecule has 0 spiro atoms. The van der Waals surface area contributed by atoms with Crippen LogP contribution in [0.25, 0.3) is 0 Å². The van der Waals surface area contributed by atoms with Crippen LogP contribution in [0.5, 0.6) is 0 Å². The molecule has 0 atom stereocenters. The van der Waals surface area contributed by atoms with Crippen LogP contribution in [0.15, 0.2) is 36.4 Å². The van der Waals surface area contributed by atoms with Gasteiger partial charge in [0.1, 0.15) is 5.56 Å². The first-order valence-corrected chi connectivity index (χ1v) is 6.74. The highest BCUT2D eigenvalue weighted by Crippen LogP contribution is 2.28. The van der Waals surface area contributed by atoms with E-state index < -0.39 is 27.1 Å². The summed E-state index contributed by atoms with van der Waals surface area (Å²) in [5.41, 5.74) is -1.19. The monoisotopic (exact) mass is 355 g/mol. The fraction of sp³-hybridized carbons (Fsp3) is 0. The molecular formula is C13H7Cl2N3O5. The highest BCUT2D eigenvalue weighted by Gasteiger charge is 2.24. The zero-order chi connectivity index (χ0) is 17.1. The molecule has 10 heteroatoms. The number of nitro benzene ring substituents is 2. The van der Waals surface area contributed by atoms with E-state index in [9.17, 15) is 25.0 Å². The van der Waals surface area contributed by atoms with Crippen molar-refractivity contribution in [2.45, 2.75) is 0 Å². The van der Waals surface area contributed by atoms with Crippen molar-refractivity contribution in [1.29, 1.82) is 0 Å². The van der Waals surface area contributed by atoms with Gasteiger partial charge in [-0.2, -0.15) is 0 Å². The van der Waals surface area contributed by atoms with E-state index in [1.54, 1.807) is 0 Å². The third-order valence-corrected chi connectivity index (χ3v) is 3.55. The first-order valence-electron chi connectivity index (χ1n) is 5.99. The molecule has 0 aromatic heterocycles. The second kappa shape index (κ2) is 6.59. The molecule has 23 heavy (non-hydrogen) atoms. The Balaban J connectivity index is 2.36. The lowest BCUT2D eigenvalue weighted by molar-refractivity contribution is -0.394. The first-order chi connectivity index (χ1) is 10.8. The van der Waals surface area contributed by atoms with Gasteiger partial charge in [-0.25, -0.2) is 0 Å². The van der Waals surface area contributed by atoms with Crippen molar-refractivity contribution >= 4 is 46.2 Å². The van der Waals surface area contributed by atoms with Crippen LogP contribution < -0.4 is 5.32 Å². The fourth-order valence-corrected chi connectivity index (χ4v) is 2.05. The number of nitro groups is 2. The molecule has 1 amide bonds. The number of hydrogen-bond acceptors (Lipinski definition) is 5. The minimum atomic E-state index is -0.864. The maximum absolute atomic E-state index is 12.2. The van der Waals surface area contributed by atoms with Gasteiger partial charge in [-0.15, -0.1) is 0 Å². The molecule has 0 bridgehead atoms. The van der Waals surface area contributed by atoms with Crippen molar-refractivity contribution < 1.29 is 14.6 Å². The van der Waals surface area contributed by atoms with Crippen LogP contribution in [0.3, 0.4) is 0 Å². The van der Waals surface area contributed by atoms with Crippen LogP contribution >= 0.6 is 23.2 Å². The topological polar surface area (TPSA) is 115 Å². The maximum atomic E-state index is 12.2. The van der Waals surface area contributed by atoms with Crippen LogP contribution in [0.1, 0.15) is 10.4 Å². The molecule has 0 aliphatic heterocycles. The fourth-order valence-electron chi connectivity index (χ4n) is 1.75. The minimum Gasteiger partial charge on any atom is -0.322 e. The predicted molar refractivity (Wildman–Crippen MR) is 84.2 cm³/mol. The Morgan fingerprint density at radius 3 is 2.22 bits per heavy atom. The Morgan fingerprint density at radius 1 is 0.957 bits per heavy atom. The van der Waals surface area contributed by atoms with Gasteiger partial charge in [-0.3, -0.25) is 25.0 Å². The molecule has 1 N–H and O–H groups in total. The summed E-state index contributed by atoms with van der Waals surface area (Å²) in [5, 5.41) is 24.6. The van der Waals surface area contributed by atoms with Crippen LogP contribution in [0.4, 0.5) is 17.1 Å². The second-order valence-electron chi connectivity index (χ2n) is 4.30. The van der Waals surface area contributed by atoms with E-state index in [2.05, 4.69) is 5.32 Å². The normalized spacial score (nSPS) is 10.2. The average molecular weight is 356 g/mol. The van der Waals surface area contributed by atoms with Gasteiger partial charge in [-0.05, 0) is 24.3 Å². The van der Waals surface area contributed by atoms with E-state index in [0.29, 0.717) is 0 Å². The Hall–Kier alpha value is -2.71. The van der Waals surface area contributed by atoms with E-state index in [1.807, 2.05) is 0 Å². The number of halogens is 2. The van der Waals surface area contributed by atoms with Crippen molar-refractivity contribution in [1.82, 2.24) is 0 Å². The van der Waals surface area contributed by atoms with Crippen molar-refractivity contribution in [3.05, 3.63) is 72.2 Å². The minimum absolute atomic E-state index is 0.197. The third-order valence-electron chi connectivity index (χ3n) is 2.81. The number of nitrogens with zero attached hydrogens (tertiary/aromatic N) is 2. The zero-order valence-corrected chi connectivity index (χ0v) is 12.7. The quantitative estimate of drug-likeness (QED) is 0.655. The molecule has 0 unspecified atom stereocenters. The number of hydrogen-bond donors (Lipinski definition) is 1. The van der Waals surface area contributed by atoms with Crippen LogP contribution in [-0.2, 0) is 0 Å². The molecular weight excluding hydrogens is 349 g/mol. The lowest BCUT2D eigenvalue weighted by Gasteiger charge is -2.07. The van der Waals surface area contributed by atoms with E-state index in [4.69, 9.17) is 23.2 Å². The maximum Gasteiger partial charge on any atom is 0.289 e. The van der Waals surface area contributed by atoms with Gasteiger partial charge in [0, 0.05) is 11.8 Å². The highest BCUT2D eigenvalue weighted by molar-refractivity contribution is 6.42. The molecule has 0 heterocycles. The van der Waals surface area contributed by atoms with E-state index in [-0.39, 0.29) is 21.3 Å². The summed E-state index contributed by atoms with van der Waals surface area (Å²) in [4.78, 5) is 32.2. The SMILES string of the molecule is O=C(Nc1ccc(Cl)c(Cl)c1)c1ccc([N+](=O)[O-])cc1[N+](=O)[O-]. The Bertz CT molecular complexity index is 825. The summed E-state index contributed by atoms with van der Waals surface area (Å²) >= 11 is 11.6. The molecule has 0 fully saturated rings. The number of nitrogens with one attached hydrogen (secondary N) is 1. The van der Waals surface area contributed by atoms with Crippen LogP contribution in [0, 0.1) is 20.2 Å². The number of carbonyl (C=O) groups excluding carboxylic acids is 1. The molecule has 8 nitrogen and oxygen atoms in total. The Labute approximate surface area is 138 Å². The first kappa shape index (κ1) is 16.7. The molecule has 118 valence electrons. The van der Waals surface area contributed by atoms with E-state index in [0.717, 1.165) is 18.2 Å². The van der Waals surface area contributed by atoms with Gasteiger partial charge in [-0.1, -0.05) is 23.2 Å². The molecule has 0 aliphatic rings. The third kappa shape index (κ3) is 3.74. The van der Waals surface area contributed by atoms with Gasteiger partial charge in [0.2, 0.25) is 0 Å². The summed E-state index contributed by atoms with van der Waals surface area (Å²) in [6, 6.07) is 7.04. The number of anilines is 1. The average Bonchev–Trinajstić information content (AvgIpc) is 2.50. The number of amides is 1. The molecule has 2 rings (SSSR count). The van der Waals surface area contributed by atoms with E-state index in [1.165, 1.54) is 18.2 Å². The Kier molecular flexibility index (Phi) is 4.77. The summed E-state index contributed by atoms with van der Waals surface area (Å²) in [6.45, 7) is 0. The predicted octanol–water partition coefficient (Wildman–Crippen LogP) is 4.06. The second-order valence-corrected chi connectivity index (χ2v) is 5.11. The summed E-state index contributed by atoms with van der Waals surface area (Å²) in [7, 11) is 0. The van der Waals surface area contributed by atoms with Gasteiger partial charge < -0.3 is 5.32 Å². The molecule has 0 radical (unpaired) electrons. The highest BCUT2D eigenvalue weighted by atomic mass is 35.5. The van der Waals surface area contributed by atoms with Gasteiger partial charge in [0.15, 0.2) is 0 Å². The lowest BCUT2D eigenvalue weighted by atomic mass is 10.1. The van der Waals surface area contributed by atoms with Crippen molar-refractivity contribution in [3.8, 4) is 0 Å². The van der Waals surface area contributed by atoms with Gasteiger partial charge in [0.05, 0.1) is 26.0 Å². The smallest absolute Gasteiger partial charge is 0.289 e. The lowest BCUT2D eigenvalue weighted by Crippen LogP contribution is -2.14. The summed E-state index contributed by atoms with van der Waals surface area (Å²) < 4.78 is 0. The van der Waals surface area contributed by atoms with E-state index >= 15 is 0 Å². The number of rotatable bonds is 4. The largest absolute Gasteiger partial charge is 0.322 e. The van der Waals surface area contributed by atoms with Gasteiger partial charge in [0.25, 0.3) is 17.3 Å². The number of non-ortho nitro benzene ring substituents is 1. The van der Waals surface area contributed by atoms with Crippen molar-refractivity contribution in [2.24, 2.45) is 0 Å². The molecule has 2 aromatic rings. The molecule has 0 aliphatic carbocycles. The summed E-state index contributed by atoms with van der Waals surface area (Å²) in [6.07, 6.45) is 0. The van der Waals surface area contributed by atoms with Crippen molar-refractivity contribution in [3.63, 3.8) is 0 Å². The standard InChI is InChI=1S/C13H7Cl2N3O5/c14-10-4-1-7(5-11(10)15)16-13(19)9-3-2-8(17(20)21)6-12(9)18(22)23/h1-6H,(H,16,19). The Morgan fingerprint density at radius 2 is 1.65 bits per heavy atom. The molecule has 0 saturated carbocycles.